The van der Waals surface area contributed by atoms with Crippen LogP contribution < -0.4 is 0 Å². The molecule has 0 bridgehead atoms. The van der Waals surface area contributed by atoms with Crippen LogP contribution in [0.5, 0.6) is 0 Å². The first kappa shape index (κ1) is 14.7. The third-order valence-corrected chi connectivity index (χ3v) is 3.78. The van der Waals surface area contributed by atoms with Crippen LogP contribution in [0.15, 0.2) is 16.5 Å². The van der Waals surface area contributed by atoms with E-state index < -0.39 is 0 Å². The van der Waals surface area contributed by atoms with Crippen molar-refractivity contribution in [3.05, 3.63) is 34.6 Å². The summed E-state index contributed by atoms with van der Waals surface area (Å²) in [7, 11) is 0. The van der Waals surface area contributed by atoms with Gasteiger partial charge in [0.25, 0.3) is 0 Å². The van der Waals surface area contributed by atoms with Gasteiger partial charge in [-0.15, -0.1) is 0 Å². The van der Waals surface area contributed by atoms with Crippen LogP contribution >= 0.6 is 0 Å². The van der Waals surface area contributed by atoms with Crippen molar-refractivity contribution in [2.75, 3.05) is 0 Å². The van der Waals surface area contributed by atoms with Crippen LogP contribution in [-0.2, 0) is 11.8 Å². The predicted octanol–water partition coefficient (Wildman–Crippen LogP) is 5.29. The van der Waals surface area contributed by atoms with E-state index in [-0.39, 0.29) is 11.3 Å². The fourth-order valence-corrected chi connectivity index (χ4v) is 2.70. The largest absolute Gasteiger partial charge is 0.445 e. The minimum atomic E-state index is 0.00224. The SMILES string of the molecule is CCc1cc(C(C)(C)C)c2oc(C#N)c(C(C)C)c2c1. The van der Waals surface area contributed by atoms with E-state index in [1.807, 2.05) is 0 Å². The van der Waals surface area contributed by atoms with Gasteiger partial charge in [0, 0.05) is 16.5 Å². The maximum absolute atomic E-state index is 9.34. The molecule has 1 aromatic carbocycles. The van der Waals surface area contributed by atoms with Crippen molar-refractivity contribution in [2.45, 2.75) is 59.3 Å². The Morgan fingerprint density at radius 3 is 2.35 bits per heavy atom. The summed E-state index contributed by atoms with van der Waals surface area (Å²) in [5.41, 5.74) is 4.42. The van der Waals surface area contributed by atoms with Crippen LogP contribution in [0.4, 0.5) is 0 Å². The Hall–Kier alpha value is -1.75. The lowest BCUT2D eigenvalue weighted by molar-refractivity contribution is 0.548. The van der Waals surface area contributed by atoms with E-state index in [4.69, 9.17) is 4.42 Å². The molecule has 0 fully saturated rings. The summed E-state index contributed by atoms with van der Waals surface area (Å²) < 4.78 is 5.91. The van der Waals surface area contributed by atoms with E-state index in [9.17, 15) is 5.26 Å². The molecule has 0 radical (unpaired) electrons. The highest BCUT2D eigenvalue weighted by molar-refractivity contribution is 5.88. The molecule has 2 nitrogen and oxygen atoms in total. The number of rotatable bonds is 2. The smallest absolute Gasteiger partial charge is 0.208 e. The molecular formula is C18H23NO. The molecule has 0 aliphatic carbocycles. The lowest BCUT2D eigenvalue weighted by Crippen LogP contribution is -2.12. The van der Waals surface area contributed by atoms with E-state index in [0.717, 1.165) is 23.0 Å². The second-order valence-corrected chi connectivity index (χ2v) is 6.73. The quantitative estimate of drug-likeness (QED) is 0.743. The molecule has 1 aromatic heterocycles. The number of benzene rings is 1. The standard InChI is InChI=1S/C18H23NO/c1-7-12-8-13-16(11(2)3)15(10-19)20-17(13)14(9-12)18(4,5)6/h8-9,11H,7H2,1-6H3. The lowest BCUT2D eigenvalue weighted by atomic mass is 9.84. The van der Waals surface area contributed by atoms with E-state index in [1.54, 1.807) is 0 Å². The summed E-state index contributed by atoms with van der Waals surface area (Å²) in [6.45, 7) is 12.9. The van der Waals surface area contributed by atoms with Gasteiger partial charge in [-0.2, -0.15) is 5.26 Å². The van der Waals surface area contributed by atoms with Gasteiger partial charge >= 0.3 is 0 Å². The molecule has 0 saturated heterocycles. The summed E-state index contributed by atoms with van der Waals surface area (Å²) >= 11 is 0. The van der Waals surface area contributed by atoms with Crippen LogP contribution in [-0.4, -0.2) is 0 Å². The third kappa shape index (κ3) is 2.33. The summed E-state index contributed by atoms with van der Waals surface area (Å²) in [5.74, 6) is 0.750. The molecule has 0 saturated carbocycles. The molecule has 0 aliphatic rings. The molecule has 2 heteroatoms. The fourth-order valence-electron chi connectivity index (χ4n) is 2.70. The molecule has 20 heavy (non-hydrogen) atoms. The summed E-state index contributed by atoms with van der Waals surface area (Å²) in [4.78, 5) is 0. The Balaban J connectivity index is 2.93. The number of hydrogen-bond donors (Lipinski definition) is 0. The maximum atomic E-state index is 9.34. The van der Waals surface area contributed by atoms with E-state index in [0.29, 0.717) is 5.76 Å². The molecule has 0 aliphatic heterocycles. The fraction of sp³-hybridized carbons (Fsp3) is 0.500. The molecule has 0 unspecified atom stereocenters. The Morgan fingerprint density at radius 2 is 1.90 bits per heavy atom. The second kappa shape index (κ2) is 4.98. The minimum Gasteiger partial charge on any atom is -0.445 e. The van der Waals surface area contributed by atoms with Crippen LogP contribution in [0, 0.1) is 11.3 Å². The molecule has 106 valence electrons. The van der Waals surface area contributed by atoms with Gasteiger partial charge in [0.15, 0.2) is 0 Å². The number of fused-ring (bicyclic) bond motifs is 1. The second-order valence-electron chi connectivity index (χ2n) is 6.73. The zero-order valence-corrected chi connectivity index (χ0v) is 13.3. The van der Waals surface area contributed by atoms with Gasteiger partial charge in [0.2, 0.25) is 5.76 Å². The molecule has 0 amide bonds. The molecule has 0 spiro atoms. The molecule has 0 N–H and O–H groups in total. The molecular weight excluding hydrogens is 246 g/mol. The first-order chi connectivity index (χ1) is 9.29. The van der Waals surface area contributed by atoms with Gasteiger partial charge in [0.1, 0.15) is 11.7 Å². The molecule has 2 aromatic rings. The Labute approximate surface area is 121 Å². The number of nitriles is 1. The van der Waals surface area contributed by atoms with E-state index in [2.05, 4.69) is 59.7 Å². The van der Waals surface area contributed by atoms with Crippen molar-refractivity contribution in [3.63, 3.8) is 0 Å². The average molecular weight is 269 g/mol. The van der Waals surface area contributed by atoms with Crippen molar-refractivity contribution >= 4 is 11.0 Å². The number of aryl methyl sites for hydroxylation is 1. The van der Waals surface area contributed by atoms with Gasteiger partial charge in [-0.05, 0) is 29.4 Å². The van der Waals surface area contributed by atoms with Crippen LogP contribution in [0.2, 0.25) is 0 Å². The zero-order valence-electron chi connectivity index (χ0n) is 13.3. The van der Waals surface area contributed by atoms with E-state index >= 15 is 0 Å². The van der Waals surface area contributed by atoms with Crippen molar-refractivity contribution in [3.8, 4) is 6.07 Å². The Bertz CT molecular complexity index is 678. The van der Waals surface area contributed by atoms with Crippen molar-refractivity contribution in [1.29, 1.82) is 5.26 Å². The zero-order chi connectivity index (χ0) is 15.1. The highest BCUT2D eigenvalue weighted by Crippen LogP contribution is 2.38. The minimum absolute atomic E-state index is 0.00224. The Kier molecular flexibility index (Phi) is 3.65. The van der Waals surface area contributed by atoms with Gasteiger partial charge in [0.05, 0.1) is 0 Å². The van der Waals surface area contributed by atoms with Gasteiger partial charge < -0.3 is 4.42 Å². The maximum Gasteiger partial charge on any atom is 0.208 e. The van der Waals surface area contributed by atoms with Crippen molar-refractivity contribution in [1.82, 2.24) is 0 Å². The lowest BCUT2D eigenvalue weighted by Gasteiger charge is -2.20. The number of nitrogens with zero attached hydrogens (tertiary/aromatic N) is 1. The topological polar surface area (TPSA) is 36.9 Å². The highest BCUT2D eigenvalue weighted by atomic mass is 16.3. The average Bonchev–Trinajstić information content (AvgIpc) is 2.74. The van der Waals surface area contributed by atoms with E-state index in [1.165, 1.54) is 11.1 Å². The summed E-state index contributed by atoms with van der Waals surface area (Å²) in [6.07, 6.45) is 0.990. The van der Waals surface area contributed by atoms with Gasteiger partial charge in [-0.25, -0.2) is 0 Å². The summed E-state index contributed by atoms with van der Waals surface area (Å²) in [6, 6.07) is 6.62. The van der Waals surface area contributed by atoms with Crippen molar-refractivity contribution in [2.24, 2.45) is 0 Å². The van der Waals surface area contributed by atoms with Crippen LogP contribution in [0.1, 0.15) is 69.9 Å². The van der Waals surface area contributed by atoms with Crippen molar-refractivity contribution < 1.29 is 4.42 Å². The first-order valence-corrected chi connectivity index (χ1v) is 7.29. The Morgan fingerprint density at radius 1 is 1.25 bits per heavy atom. The highest BCUT2D eigenvalue weighted by Gasteiger charge is 2.25. The molecule has 2 rings (SSSR count). The first-order valence-electron chi connectivity index (χ1n) is 7.29. The number of furan rings is 1. The van der Waals surface area contributed by atoms with Gasteiger partial charge in [-0.3, -0.25) is 0 Å². The third-order valence-electron chi connectivity index (χ3n) is 3.78. The number of hydrogen-bond acceptors (Lipinski definition) is 2. The van der Waals surface area contributed by atoms with Gasteiger partial charge in [-0.1, -0.05) is 47.6 Å². The molecule has 1 heterocycles. The molecule has 0 atom stereocenters. The summed E-state index contributed by atoms with van der Waals surface area (Å²) in [5, 5.41) is 10.5. The predicted molar refractivity (Wildman–Crippen MR) is 83.1 cm³/mol. The van der Waals surface area contributed by atoms with Crippen LogP contribution in [0.3, 0.4) is 0 Å². The van der Waals surface area contributed by atoms with Crippen LogP contribution in [0.25, 0.3) is 11.0 Å². The normalized spacial score (nSPS) is 12.1. The monoisotopic (exact) mass is 269 g/mol.